The summed E-state index contributed by atoms with van der Waals surface area (Å²) < 4.78 is 42.6. The van der Waals surface area contributed by atoms with Crippen LogP contribution in [0.1, 0.15) is 12.6 Å². The van der Waals surface area contributed by atoms with E-state index in [4.69, 9.17) is 0 Å². The standard InChI is InChI=1S/C13H13BrF3N3O/c1-2-20-8-18-6-10(20)7-19-9-3-4-12(11(14)5-9)21-13(15,16)17/h3-6,8,19H,2,7H2,1H3. The second kappa shape index (κ2) is 6.38. The maximum atomic E-state index is 12.2. The highest BCUT2D eigenvalue weighted by atomic mass is 79.9. The van der Waals surface area contributed by atoms with Gasteiger partial charge in [-0.2, -0.15) is 0 Å². The Morgan fingerprint density at radius 3 is 2.76 bits per heavy atom. The van der Waals surface area contributed by atoms with E-state index < -0.39 is 6.36 Å². The molecular weight excluding hydrogens is 351 g/mol. The quantitative estimate of drug-likeness (QED) is 0.866. The third-order valence-electron chi connectivity index (χ3n) is 2.77. The van der Waals surface area contributed by atoms with E-state index in [2.05, 4.69) is 31.0 Å². The zero-order valence-corrected chi connectivity index (χ0v) is 12.7. The largest absolute Gasteiger partial charge is 0.573 e. The number of anilines is 1. The van der Waals surface area contributed by atoms with Gasteiger partial charge in [-0.15, -0.1) is 13.2 Å². The molecule has 1 aromatic heterocycles. The van der Waals surface area contributed by atoms with Gasteiger partial charge in [0.25, 0.3) is 0 Å². The van der Waals surface area contributed by atoms with Gasteiger partial charge in [0.15, 0.2) is 0 Å². The number of hydrogen-bond acceptors (Lipinski definition) is 3. The molecule has 2 rings (SSSR count). The average Bonchev–Trinajstić information content (AvgIpc) is 2.85. The van der Waals surface area contributed by atoms with Gasteiger partial charge in [-0.3, -0.25) is 0 Å². The van der Waals surface area contributed by atoms with Crippen LogP contribution in [0.4, 0.5) is 18.9 Å². The predicted octanol–water partition coefficient (Wildman–Crippen LogP) is 4.18. The van der Waals surface area contributed by atoms with Gasteiger partial charge < -0.3 is 14.6 Å². The van der Waals surface area contributed by atoms with E-state index in [9.17, 15) is 13.2 Å². The molecule has 0 bridgehead atoms. The summed E-state index contributed by atoms with van der Waals surface area (Å²) in [6.45, 7) is 3.34. The van der Waals surface area contributed by atoms with Gasteiger partial charge in [0.05, 0.1) is 23.0 Å². The Morgan fingerprint density at radius 2 is 2.14 bits per heavy atom. The second-order valence-electron chi connectivity index (χ2n) is 4.22. The first-order chi connectivity index (χ1) is 9.89. The summed E-state index contributed by atoms with van der Waals surface area (Å²) in [4.78, 5) is 4.05. The fraction of sp³-hybridized carbons (Fsp3) is 0.308. The van der Waals surface area contributed by atoms with Gasteiger partial charge >= 0.3 is 6.36 Å². The molecule has 114 valence electrons. The van der Waals surface area contributed by atoms with Crippen molar-refractivity contribution in [3.63, 3.8) is 0 Å². The third kappa shape index (κ3) is 4.38. The van der Waals surface area contributed by atoms with Gasteiger partial charge in [0.2, 0.25) is 0 Å². The minimum absolute atomic E-state index is 0.230. The van der Waals surface area contributed by atoms with Crippen LogP contribution in [0, 0.1) is 0 Å². The summed E-state index contributed by atoms with van der Waals surface area (Å²) >= 11 is 3.06. The maximum absolute atomic E-state index is 12.2. The van der Waals surface area contributed by atoms with Crippen LogP contribution in [0.15, 0.2) is 35.2 Å². The van der Waals surface area contributed by atoms with Crippen LogP contribution in [0.5, 0.6) is 5.75 Å². The Morgan fingerprint density at radius 1 is 1.38 bits per heavy atom. The molecule has 0 radical (unpaired) electrons. The van der Waals surface area contributed by atoms with Gasteiger partial charge in [0.1, 0.15) is 5.75 Å². The highest BCUT2D eigenvalue weighted by molar-refractivity contribution is 9.10. The second-order valence-corrected chi connectivity index (χ2v) is 5.07. The van der Waals surface area contributed by atoms with E-state index in [0.29, 0.717) is 12.2 Å². The molecular formula is C13H13BrF3N3O. The number of nitrogens with zero attached hydrogens (tertiary/aromatic N) is 2. The van der Waals surface area contributed by atoms with Crippen LogP contribution in [-0.2, 0) is 13.1 Å². The van der Waals surface area contributed by atoms with Crippen molar-refractivity contribution < 1.29 is 17.9 Å². The number of ether oxygens (including phenoxy) is 1. The Kier molecular flexibility index (Phi) is 4.76. The van der Waals surface area contributed by atoms with Crippen LogP contribution in [0.25, 0.3) is 0 Å². The van der Waals surface area contributed by atoms with Crippen molar-refractivity contribution in [2.75, 3.05) is 5.32 Å². The zero-order valence-electron chi connectivity index (χ0n) is 11.1. The molecule has 0 amide bonds. The fourth-order valence-corrected chi connectivity index (χ4v) is 2.25. The molecule has 1 N–H and O–H groups in total. The number of alkyl halides is 3. The van der Waals surface area contributed by atoms with Crippen molar-refractivity contribution in [1.29, 1.82) is 0 Å². The van der Waals surface area contributed by atoms with Crippen molar-refractivity contribution >= 4 is 21.6 Å². The van der Waals surface area contributed by atoms with Gasteiger partial charge in [-0.05, 0) is 41.1 Å². The fourth-order valence-electron chi connectivity index (χ4n) is 1.79. The molecule has 2 aromatic rings. The highest BCUT2D eigenvalue weighted by Crippen LogP contribution is 2.32. The van der Waals surface area contributed by atoms with Crippen molar-refractivity contribution in [2.24, 2.45) is 0 Å². The first-order valence-electron chi connectivity index (χ1n) is 6.17. The lowest BCUT2D eigenvalue weighted by Gasteiger charge is -2.13. The smallest absolute Gasteiger partial charge is 0.405 e. The number of rotatable bonds is 5. The summed E-state index contributed by atoms with van der Waals surface area (Å²) in [6, 6.07) is 4.32. The topological polar surface area (TPSA) is 39.1 Å². The summed E-state index contributed by atoms with van der Waals surface area (Å²) in [5.74, 6) is -0.272. The molecule has 0 aliphatic heterocycles. The molecule has 8 heteroatoms. The van der Waals surface area contributed by atoms with Crippen molar-refractivity contribution in [2.45, 2.75) is 26.4 Å². The van der Waals surface area contributed by atoms with Gasteiger partial charge in [0, 0.05) is 18.4 Å². The molecule has 0 saturated carbocycles. The van der Waals surface area contributed by atoms with Crippen LogP contribution < -0.4 is 10.1 Å². The summed E-state index contributed by atoms with van der Waals surface area (Å²) in [5.41, 5.74) is 1.67. The lowest BCUT2D eigenvalue weighted by atomic mass is 10.3. The molecule has 0 unspecified atom stereocenters. The molecule has 0 aliphatic carbocycles. The molecule has 4 nitrogen and oxygen atoms in total. The lowest BCUT2D eigenvalue weighted by Crippen LogP contribution is -2.17. The van der Waals surface area contributed by atoms with E-state index in [1.807, 2.05) is 11.5 Å². The molecule has 0 saturated heterocycles. The Labute approximate surface area is 128 Å². The molecule has 1 heterocycles. The molecule has 0 aliphatic rings. The van der Waals surface area contributed by atoms with Crippen LogP contribution in [0.3, 0.4) is 0 Å². The first-order valence-corrected chi connectivity index (χ1v) is 6.96. The molecule has 21 heavy (non-hydrogen) atoms. The summed E-state index contributed by atoms with van der Waals surface area (Å²) in [7, 11) is 0. The van der Waals surface area contributed by atoms with E-state index in [0.717, 1.165) is 12.2 Å². The number of aryl methyl sites for hydroxylation is 1. The maximum Gasteiger partial charge on any atom is 0.573 e. The minimum atomic E-state index is -4.70. The third-order valence-corrected chi connectivity index (χ3v) is 3.39. The average molecular weight is 364 g/mol. The number of nitrogens with one attached hydrogen (secondary N) is 1. The van der Waals surface area contributed by atoms with Crippen LogP contribution in [-0.4, -0.2) is 15.9 Å². The predicted molar refractivity (Wildman–Crippen MR) is 76.1 cm³/mol. The van der Waals surface area contributed by atoms with E-state index in [1.165, 1.54) is 18.2 Å². The highest BCUT2D eigenvalue weighted by Gasteiger charge is 2.31. The minimum Gasteiger partial charge on any atom is -0.405 e. The van der Waals surface area contributed by atoms with Crippen LogP contribution >= 0.6 is 15.9 Å². The van der Waals surface area contributed by atoms with Gasteiger partial charge in [-0.1, -0.05) is 0 Å². The Hall–Kier alpha value is -1.70. The first kappa shape index (κ1) is 15.7. The number of hydrogen-bond donors (Lipinski definition) is 1. The number of aromatic nitrogens is 2. The lowest BCUT2D eigenvalue weighted by molar-refractivity contribution is -0.274. The molecule has 0 fully saturated rings. The molecule has 0 spiro atoms. The normalized spacial score (nSPS) is 11.5. The monoisotopic (exact) mass is 363 g/mol. The zero-order chi connectivity index (χ0) is 15.5. The Balaban J connectivity index is 2.03. The van der Waals surface area contributed by atoms with Gasteiger partial charge in [-0.25, -0.2) is 4.98 Å². The van der Waals surface area contributed by atoms with Crippen LogP contribution in [0.2, 0.25) is 0 Å². The van der Waals surface area contributed by atoms with E-state index >= 15 is 0 Å². The number of imidazole rings is 1. The van der Waals surface area contributed by atoms with E-state index in [1.54, 1.807) is 12.5 Å². The van der Waals surface area contributed by atoms with Crippen molar-refractivity contribution in [3.05, 3.63) is 40.9 Å². The summed E-state index contributed by atoms with van der Waals surface area (Å²) in [6.07, 6.45) is -1.23. The van der Waals surface area contributed by atoms with Crippen molar-refractivity contribution in [1.82, 2.24) is 9.55 Å². The number of benzene rings is 1. The SMILES string of the molecule is CCn1cncc1CNc1ccc(OC(F)(F)F)c(Br)c1. The van der Waals surface area contributed by atoms with Crippen molar-refractivity contribution in [3.8, 4) is 5.75 Å². The Bertz CT molecular complexity index is 613. The molecule has 0 atom stereocenters. The van der Waals surface area contributed by atoms with E-state index in [-0.39, 0.29) is 10.2 Å². The summed E-state index contributed by atoms with van der Waals surface area (Å²) in [5, 5.41) is 3.13. The molecule has 1 aromatic carbocycles. The number of halogens is 4.